The molecular weight excluding hydrogens is 508 g/mol. The standard InChI is InChI=1S/C30H36N6O4/c31-24-7-1-2-8-25(24)34-29(37)26-11-9-22(20-32-26)21-36(16-6-5-15-35-13-3-4-14-35)30(38)33-23-10-12-27-28(19-23)40-18-17-39-27/h1-2,7-12,19-20H,3-6,13-18,21,31H2,(H,33,38)(H,34,37). The fourth-order valence-electron chi connectivity index (χ4n) is 4.89. The summed E-state index contributed by atoms with van der Waals surface area (Å²) in [5.41, 5.74) is 8.69. The number of hydrogen-bond donors (Lipinski definition) is 3. The predicted molar refractivity (Wildman–Crippen MR) is 155 cm³/mol. The van der Waals surface area contributed by atoms with Gasteiger partial charge in [-0.05, 0) is 81.2 Å². The molecule has 1 fully saturated rings. The Kier molecular flexibility index (Phi) is 8.97. The predicted octanol–water partition coefficient (Wildman–Crippen LogP) is 4.60. The molecule has 0 bridgehead atoms. The fourth-order valence-corrected chi connectivity index (χ4v) is 4.89. The van der Waals surface area contributed by atoms with Gasteiger partial charge in [0.05, 0.1) is 11.4 Å². The van der Waals surface area contributed by atoms with Crippen LogP contribution in [0, 0.1) is 0 Å². The van der Waals surface area contributed by atoms with E-state index in [1.165, 1.54) is 12.8 Å². The van der Waals surface area contributed by atoms with E-state index >= 15 is 0 Å². The second kappa shape index (κ2) is 13.2. The van der Waals surface area contributed by atoms with Gasteiger partial charge in [-0.25, -0.2) is 4.79 Å². The first-order valence-electron chi connectivity index (χ1n) is 13.8. The number of nitrogen functional groups attached to an aromatic ring is 1. The SMILES string of the molecule is Nc1ccccc1NC(=O)c1ccc(CN(CCCCN2CCCC2)C(=O)Nc2ccc3c(c2)OCCO3)cn1. The Morgan fingerprint density at radius 2 is 1.75 bits per heavy atom. The Labute approximate surface area is 234 Å². The normalized spacial score (nSPS) is 14.5. The van der Waals surface area contributed by atoms with Crippen molar-refractivity contribution in [3.05, 3.63) is 72.1 Å². The Hall–Kier alpha value is -4.31. The summed E-state index contributed by atoms with van der Waals surface area (Å²) in [7, 11) is 0. The van der Waals surface area contributed by atoms with Crippen LogP contribution in [0.5, 0.6) is 11.5 Å². The van der Waals surface area contributed by atoms with Crippen LogP contribution in [0.4, 0.5) is 21.9 Å². The van der Waals surface area contributed by atoms with Gasteiger partial charge in [0.1, 0.15) is 18.9 Å². The number of nitrogens with two attached hydrogens (primary N) is 1. The molecule has 5 rings (SSSR count). The lowest BCUT2D eigenvalue weighted by molar-refractivity contribution is 0.102. The quantitative estimate of drug-likeness (QED) is 0.252. The first-order valence-corrected chi connectivity index (χ1v) is 13.8. The van der Waals surface area contributed by atoms with E-state index in [9.17, 15) is 9.59 Å². The number of benzene rings is 2. The van der Waals surface area contributed by atoms with Gasteiger partial charge in [-0.2, -0.15) is 0 Å². The number of unbranched alkanes of at least 4 members (excludes halogenated alkanes) is 1. The molecule has 10 heteroatoms. The van der Waals surface area contributed by atoms with Gasteiger partial charge in [0.25, 0.3) is 5.91 Å². The molecule has 3 aromatic rings. The van der Waals surface area contributed by atoms with Gasteiger partial charge >= 0.3 is 6.03 Å². The summed E-state index contributed by atoms with van der Waals surface area (Å²) in [6, 6.07) is 15.8. The lowest BCUT2D eigenvalue weighted by atomic mass is 10.2. The molecule has 10 nitrogen and oxygen atoms in total. The average Bonchev–Trinajstić information content (AvgIpc) is 3.50. The van der Waals surface area contributed by atoms with Crippen molar-refractivity contribution in [1.82, 2.24) is 14.8 Å². The molecule has 0 unspecified atom stereocenters. The molecule has 1 saturated heterocycles. The number of rotatable bonds is 10. The van der Waals surface area contributed by atoms with Crippen molar-refractivity contribution in [3.63, 3.8) is 0 Å². The zero-order valence-corrected chi connectivity index (χ0v) is 22.6. The summed E-state index contributed by atoms with van der Waals surface area (Å²) in [4.78, 5) is 34.7. The maximum absolute atomic E-state index is 13.4. The molecule has 40 heavy (non-hydrogen) atoms. The number of urea groups is 1. The Morgan fingerprint density at radius 3 is 2.52 bits per heavy atom. The van der Waals surface area contributed by atoms with Crippen molar-refractivity contribution >= 4 is 29.0 Å². The van der Waals surface area contributed by atoms with Crippen LogP contribution in [0.25, 0.3) is 0 Å². The maximum Gasteiger partial charge on any atom is 0.322 e. The summed E-state index contributed by atoms with van der Waals surface area (Å²) in [5, 5.41) is 5.79. The number of carbonyl (C=O) groups excluding carboxylic acids is 2. The minimum Gasteiger partial charge on any atom is -0.486 e. The molecule has 2 aromatic carbocycles. The van der Waals surface area contributed by atoms with Gasteiger partial charge in [-0.1, -0.05) is 18.2 Å². The van der Waals surface area contributed by atoms with Crippen LogP contribution in [-0.4, -0.2) is 66.1 Å². The molecule has 210 valence electrons. The van der Waals surface area contributed by atoms with Crippen molar-refractivity contribution in [2.45, 2.75) is 32.2 Å². The molecule has 0 saturated carbocycles. The zero-order valence-electron chi connectivity index (χ0n) is 22.6. The van der Waals surface area contributed by atoms with E-state index in [4.69, 9.17) is 15.2 Å². The van der Waals surface area contributed by atoms with E-state index in [-0.39, 0.29) is 17.6 Å². The molecule has 2 aliphatic rings. The summed E-state index contributed by atoms with van der Waals surface area (Å²) in [6.45, 7) is 5.33. The van der Waals surface area contributed by atoms with Crippen LogP contribution in [0.1, 0.15) is 41.7 Å². The molecule has 4 N–H and O–H groups in total. The molecule has 0 radical (unpaired) electrons. The summed E-state index contributed by atoms with van der Waals surface area (Å²) < 4.78 is 11.3. The third-order valence-electron chi connectivity index (χ3n) is 7.07. The summed E-state index contributed by atoms with van der Waals surface area (Å²) >= 11 is 0. The van der Waals surface area contributed by atoms with Gasteiger partial charge in [-0.15, -0.1) is 0 Å². The number of amides is 3. The number of likely N-dealkylation sites (tertiary alicyclic amines) is 1. The second-order valence-electron chi connectivity index (χ2n) is 10.1. The van der Waals surface area contributed by atoms with E-state index in [0.717, 1.165) is 38.0 Å². The lowest BCUT2D eigenvalue weighted by Crippen LogP contribution is -2.35. The minimum atomic E-state index is -0.348. The summed E-state index contributed by atoms with van der Waals surface area (Å²) in [5.74, 6) is 0.948. The van der Waals surface area contributed by atoms with Gasteiger partial charge in [0, 0.05) is 31.0 Å². The van der Waals surface area contributed by atoms with Crippen LogP contribution >= 0.6 is 0 Å². The lowest BCUT2D eigenvalue weighted by Gasteiger charge is -2.25. The van der Waals surface area contributed by atoms with Gasteiger partial charge in [0.15, 0.2) is 11.5 Å². The number of nitrogens with zero attached hydrogens (tertiary/aromatic N) is 3. The van der Waals surface area contributed by atoms with E-state index in [1.54, 1.807) is 53.6 Å². The van der Waals surface area contributed by atoms with E-state index in [1.807, 2.05) is 12.1 Å². The monoisotopic (exact) mass is 544 g/mol. The number of aromatic nitrogens is 1. The van der Waals surface area contributed by atoms with Crippen molar-refractivity contribution in [2.24, 2.45) is 0 Å². The molecule has 0 aliphatic carbocycles. The van der Waals surface area contributed by atoms with E-state index < -0.39 is 0 Å². The number of fused-ring (bicyclic) bond motifs is 1. The Balaban J connectivity index is 1.22. The smallest absolute Gasteiger partial charge is 0.322 e. The largest absolute Gasteiger partial charge is 0.486 e. The molecule has 0 atom stereocenters. The first kappa shape index (κ1) is 27.3. The average molecular weight is 545 g/mol. The Bertz CT molecular complexity index is 1310. The number of anilines is 3. The van der Waals surface area contributed by atoms with Crippen molar-refractivity contribution in [1.29, 1.82) is 0 Å². The van der Waals surface area contributed by atoms with Crippen molar-refractivity contribution in [2.75, 3.05) is 55.8 Å². The second-order valence-corrected chi connectivity index (χ2v) is 10.1. The molecule has 1 aromatic heterocycles. The van der Waals surface area contributed by atoms with Crippen LogP contribution in [0.3, 0.4) is 0 Å². The molecule has 3 heterocycles. The number of ether oxygens (including phenoxy) is 2. The highest BCUT2D eigenvalue weighted by Crippen LogP contribution is 2.32. The summed E-state index contributed by atoms with van der Waals surface area (Å²) in [6.07, 6.45) is 6.08. The number of carbonyl (C=O) groups is 2. The number of para-hydroxylation sites is 2. The van der Waals surface area contributed by atoms with Crippen LogP contribution < -0.4 is 25.8 Å². The zero-order chi connectivity index (χ0) is 27.7. The van der Waals surface area contributed by atoms with E-state index in [0.29, 0.717) is 54.9 Å². The highest BCUT2D eigenvalue weighted by atomic mass is 16.6. The van der Waals surface area contributed by atoms with Crippen LogP contribution in [0.15, 0.2) is 60.8 Å². The van der Waals surface area contributed by atoms with Crippen molar-refractivity contribution in [3.8, 4) is 11.5 Å². The number of hydrogen-bond acceptors (Lipinski definition) is 7. The molecule has 0 spiro atoms. The van der Waals surface area contributed by atoms with Gasteiger partial charge in [0.2, 0.25) is 0 Å². The van der Waals surface area contributed by atoms with Gasteiger partial charge in [-0.3, -0.25) is 9.78 Å². The maximum atomic E-state index is 13.4. The highest BCUT2D eigenvalue weighted by Gasteiger charge is 2.18. The first-order chi connectivity index (χ1) is 19.5. The fraction of sp³-hybridized carbons (Fsp3) is 0.367. The Morgan fingerprint density at radius 1 is 0.950 bits per heavy atom. The van der Waals surface area contributed by atoms with Crippen molar-refractivity contribution < 1.29 is 19.1 Å². The third-order valence-corrected chi connectivity index (χ3v) is 7.07. The topological polar surface area (TPSA) is 122 Å². The minimum absolute atomic E-state index is 0.209. The number of nitrogens with one attached hydrogen (secondary N) is 2. The highest BCUT2D eigenvalue weighted by molar-refractivity contribution is 6.04. The molecular formula is C30H36N6O4. The molecule has 3 amide bonds. The molecule has 2 aliphatic heterocycles. The van der Waals surface area contributed by atoms with Gasteiger partial charge < -0.3 is 35.6 Å². The van der Waals surface area contributed by atoms with E-state index in [2.05, 4.69) is 20.5 Å². The van der Waals surface area contributed by atoms with Crippen LogP contribution in [-0.2, 0) is 6.54 Å². The third kappa shape index (κ3) is 7.20. The van der Waals surface area contributed by atoms with Crippen LogP contribution in [0.2, 0.25) is 0 Å². The number of pyridine rings is 1.